The molecule has 1 N–H and O–H groups in total. The number of fused-ring (bicyclic) bond motifs is 7. The minimum atomic E-state index is -0.330. The van der Waals surface area contributed by atoms with E-state index in [-0.39, 0.29) is 30.1 Å². The second-order valence-corrected chi connectivity index (χ2v) is 19.7. The Morgan fingerprint density at radius 3 is 2.26 bits per heavy atom. The number of hydrogen-bond donors (Lipinski definition) is 1. The average Bonchev–Trinajstić information content (AvgIpc) is 3.55. The van der Waals surface area contributed by atoms with Crippen LogP contribution in [0, 0.1) is 52.3 Å². The highest BCUT2D eigenvalue weighted by Gasteiger charge is 2.69. The van der Waals surface area contributed by atoms with Crippen LogP contribution in [0.25, 0.3) is 0 Å². The molecule has 0 aromatic rings. The van der Waals surface area contributed by atoms with Crippen molar-refractivity contribution in [1.29, 1.82) is 0 Å². The third-order valence-corrected chi connectivity index (χ3v) is 17.0. The Morgan fingerprint density at radius 1 is 0.820 bits per heavy atom. The van der Waals surface area contributed by atoms with Crippen LogP contribution in [-0.4, -0.2) is 102 Å². The van der Waals surface area contributed by atoms with Gasteiger partial charge in [-0.25, -0.2) is 0 Å². The highest BCUT2D eigenvalue weighted by atomic mass is 16.7. The zero-order valence-corrected chi connectivity index (χ0v) is 32.5. The molecule has 2 amide bonds. The lowest BCUT2D eigenvalue weighted by Gasteiger charge is -2.61. The number of ether oxygens (including phenoxy) is 2. The average molecular weight is 695 g/mol. The van der Waals surface area contributed by atoms with Crippen molar-refractivity contribution in [3.8, 4) is 0 Å². The van der Waals surface area contributed by atoms with E-state index < -0.39 is 0 Å². The molecule has 0 aromatic carbocycles. The molecule has 8 fully saturated rings. The summed E-state index contributed by atoms with van der Waals surface area (Å²) in [6.07, 6.45) is 15.0. The fraction of sp³-hybridized carbons (Fsp3) is 0.952. The van der Waals surface area contributed by atoms with Crippen LogP contribution in [0.4, 0.5) is 0 Å². The van der Waals surface area contributed by atoms with Gasteiger partial charge in [-0.1, -0.05) is 27.7 Å². The first-order valence-corrected chi connectivity index (χ1v) is 21.3. The lowest BCUT2D eigenvalue weighted by Crippen LogP contribution is -2.56. The van der Waals surface area contributed by atoms with Crippen molar-refractivity contribution in [1.82, 2.24) is 20.0 Å². The maximum atomic E-state index is 13.2. The molecule has 1 spiro atoms. The van der Waals surface area contributed by atoms with Crippen LogP contribution in [0.15, 0.2) is 0 Å². The SMILES string of the molecule is CC(C)N1CCC(N2CCN(C(=O)CC(=O)NC3CC[C@]4(C)C5CC[C@]6(C)[C@@H]7[C@H](C[C@H]6[C@@H]5CC[C@@H]4C3)O[C@]3(CC[C@H](C)CO3)[C@H]7C)CC2)CC1. The van der Waals surface area contributed by atoms with E-state index in [4.69, 9.17) is 9.47 Å². The van der Waals surface area contributed by atoms with Crippen LogP contribution in [0.5, 0.6) is 0 Å². The summed E-state index contributed by atoms with van der Waals surface area (Å²) in [5.74, 6) is 4.39. The lowest BCUT2D eigenvalue weighted by molar-refractivity contribution is -0.273. The summed E-state index contributed by atoms with van der Waals surface area (Å²) in [4.78, 5) is 33.6. The minimum absolute atomic E-state index is 0.00432. The maximum Gasteiger partial charge on any atom is 0.232 e. The van der Waals surface area contributed by atoms with Crippen molar-refractivity contribution < 1.29 is 19.1 Å². The summed E-state index contributed by atoms with van der Waals surface area (Å²) < 4.78 is 13.6. The summed E-state index contributed by atoms with van der Waals surface area (Å²) in [6, 6.07) is 1.47. The van der Waals surface area contributed by atoms with Gasteiger partial charge in [0.1, 0.15) is 6.42 Å². The van der Waals surface area contributed by atoms with E-state index in [1.165, 1.54) is 70.9 Å². The van der Waals surface area contributed by atoms with E-state index in [2.05, 4.69) is 56.7 Å². The fourth-order valence-electron chi connectivity index (χ4n) is 14.0. The van der Waals surface area contributed by atoms with Crippen molar-refractivity contribution in [2.45, 2.75) is 155 Å². The summed E-state index contributed by atoms with van der Waals surface area (Å²) in [7, 11) is 0. The molecule has 8 nitrogen and oxygen atoms in total. The van der Waals surface area contributed by atoms with Crippen LogP contribution in [-0.2, 0) is 19.1 Å². The molecule has 4 aliphatic carbocycles. The highest BCUT2D eigenvalue weighted by molar-refractivity contribution is 5.97. The third-order valence-electron chi connectivity index (χ3n) is 17.0. The maximum absolute atomic E-state index is 13.2. The molecule has 4 heterocycles. The summed E-state index contributed by atoms with van der Waals surface area (Å²) in [6.45, 7) is 21.2. The van der Waals surface area contributed by atoms with Gasteiger partial charge in [0.05, 0.1) is 12.7 Å². The van der Waals surface area contributed by atoms with Gasteiger partial charge < -0.3 is 24.6 Å². The molecule has 4 aliphatic heterocycles. The molecule has 0 aromatic heterocycles. The quantitative estimate of drug-likeness (QED) is 0.340. The van der Waals surface area contributed by atoms with Gasteiger partial charge >= 0.3 is 0 Å². The Hall–Kier alpha value is -1.22. The third kappa shape index (κ3) is 6.10. The van der Waals surface area contributed by atoms with E-state index in [1.807, 2.05) is 4.90 Å². The minimum Gasteiger partial charge on any atom is -0.353 e. The van der Waals surface area contributed by atoms with Gasteiger partial charge in [-0.2, -0.15) is 0 Å². The highest BCUT2D eigenvalue weighted by Crippen LogP contribution is 2.71. The zero-order valence-electron chi connectivity index (χ0n) is 32.5. The van der Waals surface area contributed by atoms with E-state index in [0.29, 0.717) is 52.7 Å². The summed E-state index contributed by atoms with van der Waals surface area (Å²) in [5, 5.41) is 3.36. The number of piperazine rings is 1. The van der Waals surface area contributed by atoms with Gasteiger partial charge in [-0.3, -0.25) is 14.5 Å². The molecule has 12 atom stereocenters. The van der Waals surface area contributed by atoms with Crippen molar-refractivity contribution in [2.24, 2.45) is 52.3 Å². The van der Waals surface area contributed by atoms with Crippen LogP contribution < -0.4 is 5.32 Å². The molecule has 8 aliphatic rings. The molecular weight excluding hydrogens is 624 g/mol. The monoisotopic (exact) mass is 695 g/mol. The van der Waals surface area contributed by atoms with E-state index in [9.17, 15) is 9.59 Å². The summed E-state index contributed by atoms with van der Waals surface area (Å²) in [5.41, 5.74) is 0.723. The predicted octanol–water partition coefficient (Wildman–Crippen LogP) is 6.32. The molecular formula is C42H70N4O4. The van der Waals surface area contributed by atoms with Crippen molar-refractivity contribution in [3.05, 3.63) is 0 Å². The van der Waals surface area contributed by atoms with Crippen LogP contribution in [0.3, 0.4) is 0 Å². The Morgan fingerprint density at radius 2 is 1.56 bits per heavy atom. The Labute approximate surface area is 303 Å². The molecule has 0 radical (unpaired) electrons. The molecule has 4 saturated heterocycles. The van der Waals surface area contributed by atoms with Gasteiger partial charge in [0.15, 0.2) is 5.79 Å². The standard InChI is InChI=1S/C42H70N4O4/c1-27(2)44-17-12-32(13-18-44)45-19-21-46(22-20-45)38(48)25-37(47)43-31-10-14-40(5)30(23-31)7-8-33-34(40)11-15-41(6)35(33)24-36-39(41)29(4)42(50-36)16-9-28(3)26-49-42/h27-36,39H,7-26H2,1-6H3,(H,43,47)/t28-,29-,30+,31?,33+,34?,35-,36-,39-,40-,41-,42+/m0/s1. The van der Waals surface area contributed by atoms with Gasteiger partial charge in [-0.05, 0) is 144 Å². The lowest BCUT2D eigenvalue weighted by atomic mass is 9.44. The second kappa shape index (κ2) is 13.6. The number of carbonyl (C=O) groups excluding carboxylic acids is 2. The van der Waals surface area contributed by atoms with Gasteiger partial charge in [-0.15, -0.1) is 0 Å². The molecule has 50 heavy (non-hydrogen) atoms. The molecule has 8 rings (SSSR count). The topological polar surface area (TPSA) is 74.4 Å². The Balaban J connectivity index is 0.814. The van der Waals surface area contributed by atoms with Crippen molar-refractivity contribution in [2.75, 3.05) is 45.9 Å². The first-order chi connectivity index (χ1) is 23.9. The van der Waals surface area contributed by atoms with E-state index in [0.717, 1.165) is 69.8 Å². The van der Waals surface area contributed by atoms with Crippen LogP contribution in [0.2, 0.25) is 0 Å². The van der Waals surface area contributed by atoms with E-state index in [1.54, 1.807) is 0 Å². The number of amides is 2. The predicted molar refractivity (Wildman–Crippen MR) is 196 cm³/mol. The number of likely N-dealkylation sites (tertiary alicyclic amines) is 1. The molecule has 4 saturated carbocycles. The molecule has 8 heteroatoms. The number of rotatable bonds is 5. The number of carbonyl (C=O) groups is 2. The Kier molecular flexibility index (Phi) is 9.71. The van der Waals surface area contributed by atoms with Crippen LogP contribution >= 0.6 is 0 Å². The number of nitrogens with one attached hydrogen (secondary N) is 1. The number of nitrogens with zero attached hydrogens (tertiary/aromatic N) is 3. The molecule has 0 bridgehead atoms. The van der Waals surface area contributed by atoms with Gasteiger partial charge in [0.2, 0.25) is 11.8 Å². The second-order valence-electron chi connectivity index (χ2n) is 19.7. The van der Waals surface area contributed by atoms with Gasteiger partial charge in [0, 0.05) is 56.6 Å². The molecule has 2 unspecified atom stereocenters. The van der Waals surface area contributed by atoms with Crippen LogP contribution in [0.1, 0.15) is 125 Å². The zero-order chi connectivity index (χ0) is 35.0. The first kappa shape index (κ1) is 35.8. The number of piperidine rings is 1. The molecule has 282 valence electrons. The van der Waals surface area contributed by atoms with Gasteiger partial charge in [0.25, 0.3) is 0 Å². The smallest absolute Gasteiger partial charge is 0.232 e. The van der Waals surface area contributed by atoms with E-state index >= 15 is 0 Å². The first-order valence-electron chi connectivity index (χ1n) is 21.3. The summed E-state index contributed by atoms with van der Waals surface area (Å²) >= 11 is 0. The van der Waals surface area contributed by atoms with Crippen molar-refractivity contribution >= 4 is 11.8 Å². The normalized spacial score (nSPS) is 47.1. The number of hydrogen-bond acceptors (Lipinski definition) is 6. The fourth-order valence-corrected chi connectivity index (χ4v) is 14.0. The van der Waals surface area contributed by atoms with Crippen molar-refractivity contribution in [3.63, 3.8) is 0 Å². The largest absolute Gasteiger partial charge is 0.353 e. The Bertz CT molecular complexity index is 1250.